The number of carbonyl (C=O) groups is 1. The van der Waals surface area contributed by atoms with Crippen LogP contribution in [0.3, 0.4) is 0 Å². The summed E-state index contributed by atoms with van der Waals surface area (Å²) in [4.78, 5) is 33.8. The second-order valence-corrected chi connectivity index (χ2v) is 11.5. The van der Waals surface area contributed by atoms with Gasteiger partial charge in [0.15, 0.2) is 5.16 Å². The highest BCUT2D eigenvalue weighted by molar-refractivity contribution is 8.00. The van der Waals surface area contributed by atoms with Crippen LogP contribution in [-0.4, -0.2) is 34.4 Å². The molecule has 2 aliphatic carbocycles. The van der Waals surface area contributed by atoms with Gasteiger partial charge in [-0.05, 0) is 68.6 Å². The fourth-order valence-corrected chi connectivity index (χ4v) is 7.36. The molecule has 34 heavy (non-hydrogen) atoms. The van der Waals surface area contributed by atoms with Crippen LogP contribution in [0.25, 0.3) is 10.2 Å². The number of hydrogen-bond donors (Lipinski definition) is 1. The number of methoxy groups -OCH3 is 1. The predicted octanol–water partition coefficient (Wildman–Crippen LogP) is 4.66. The molecule has 1 aromatic carbocycles. The maximum atomic E-state index is 13.5. The van der Waals surface area contributed by atoms with E-state index in [2.05, 4.69) is 23.5 Å². The average molecular weight is 498 g/mol. The summed E-state index contributed by atoms with van der Waals surface area (Å²) in [6.07, 6.45) is 6.91. The van der Waals surface area contributed by atoms with Crippen molar-refractivity contribution in [1.82, 2.24) is 14.9 Å². The lowest BCUT2D eigenvalue weighted by Gasteiger charge is -2.27. The van der Waals surface area contributed by atoms with Crippen molar-refractivity contribution >= 4 is 39.2 Å². The zero-order valence-corrected chi connectivity index (χ0v) is 21.4. The van der Waals surface area contributed by atoms with Crippen molar-refractivity contribution in [3.63, 3.8) is 0 Å². The molecule has 5 rings (SSSR count). The van der Waals surface area contributed by atoms with Crippen molar-refractivity contribution in [2.24, 2.45) is 0 Å². The number of benzene rings is 1. The lowest BCUT2D eigenvalue weighted by molar-refractivity contribution is -0.121. The third kappa shape index (κ3) is 4.55. The molecule has 0 spiro atoms. The van der Waals surface area contributed by atoms with Crippen LogP contribution >= 0.6 is 23.1 Å². The van der Waals surface area contributed by atoms with Gasteiger partial charge in [0.1, 0.15) is 4.83 Å². The Labute approximate surface area is 208 Å². The number of rotatable bonds is 8. The van der Waals surface area contributed by atoms with Crippen molar-refractivity contribution < 1.29 is 9.53 Å². The summed E-state index contributed by atoms with van der Waals surface area (Å²) in [6, 6.07) is 8.42. The molecule has 0 radical (unpaired) electrons. The van der Waals surface area contributed by atoms with Crippen molar-refractivity contribution in [2.45, 2.75) is 74.9 Å². The Kier molecular flexibility index (Phi) is 7.09. The van der Waals surface area contributed by atoms with Crippen LogP contribution in [0.4, 0.5) is 0 Å². The first kappa shape index (κ1) is 23.6. The maximum Gasteiger partial charge on any atom is 0.263 e. The van der Waals surface area contributed by atoms with E-state index >= 15 is 0 Å². The first-order valence-corrected chi connectivity index (χ1v) is 13.8. The van der Waals surface area contributed by atoms with Gasteiger partial charge < -0.3 is 10.1 Å². The molecule has 0 aliphatic heterocycles. The summed E-state index contributed by atoms with van der Waals surface area (Å²) in [5, 5.41) is 4.31. The lowest BCUT2D eigenvalue weighted by atomic mass is 9.88. The SMILES string of the molecule is COCCCn1c(S[C@@H](C)C(=O)N[C@H]2CCCc3ccccc32)nc2sc3c(c2c1=O)CCC3. The van der Waals surface area contributed by atoms with Crippen LogP contribution in [0.15, 0.2) is 34.2 Å². The molecule has 0 unspecified atom stereocenters. The molecule has 0 saturated heterocycles. The number of hydrogen-bond acceptors (Lipinski definition) is 6. The van der Waals surface area contributed by atoms with Crippen LogP contribution < -0.4 is 10.9 Å². The molecule has 180 valence electrons. The molecule has 8 heteroatoms. The van der Waals surface area contributed by atoms with Crippen molar-refractivity contribution in [1.29, 1.82) is 0 Å². The highest BCUT2D eigenvalue weighted by atomic mass is 32.2. The van der Waals surface area contributed by atoms with Gasteiger partial charge in [0.25, 0.3) is 5.56 Å². The van der Waals surface area contributed by atoms with E-state index < -0.39 is 0 Å². The third-order valence-corrected chi connectivity index (χ3v) is 9.13. The second kappa shape index (κ2) is 10.2. The van der Waals surface area contributed by atoms with E-state index in [4.69, 9.17) is 9.72 Å². The molecule has 0 fully saturated rings. The Morgan fingerprint density at radius 3 is 3.00 bits per heavy atom. The van der Waals surface area contributed by atoms with Gasteiger partial charge >= 0.3 is 0 Å². The van der Waals surface area contributed by atoms with Crippen LogP contribution in [0.2, 0.25) is 0 Å². The van der Waals surface area contributed by atoms with E-state index in [1.165, 1.54) is 33.3 Å². The highest BCUT2D eigenvalue weighted by Crippen LogP contribution is 2.36. The Morgan fingerprint density at radius 1 is 1.29 bits per heavy atom. The van der Waals surface area contributed by atoms with Gasteiger partial charge in [0.2, 0.25) is 5.91 Å². The van der Waals surface area contributed by atoms with Crippen LogP contribution in [0.5, 0.6) is 0 Å². The Morgan fingerprint density at radius 2 is 2.15 bits per heavy atom. The Bertz CT molecular complexity index is 1270. The van der Waals surface area contributed by atoms with E-state index in [9.17, 15) is 9.59 Å². The zero-order valence-electron chi connectivity index (χ0n) is 19.8. The molecule has 2 atom stereocenters. The Balaban J connectivity index is 1.39. The normalized spacial score (nSPS) is 18.0. The summed E-state index contributed by atoms with van der Waals surface area (Å²) < 4.78 is 6.98. The molecule has 3 aromatic rings. The molecule has 2 heterocycles. The number of aromatic nitrogens is 2. The number of thioether (sulfide) groups is 1. The maximum absolute atomic E-state index is 13.5. The summed E-state index contributed by atoms with van der Waals surface area (Å²) in [5.74, 6) is -0.0156. The van der Waals surface area contributed by atoms with E-state index in [1.54, 1.807) is 23.0 Å². The predicted molar refractivity (Wildman–Crippen MR) is 138 cm³/mol. The number of ether oxygens (including phenoxy) is 1. The molecule has 1 N–H and O–H groups in total. The summed E-state index contributed by atoms with van der Waals surface area (Å²) in [7, 11) is 1.67. The smallest absolute Gasteiger partial charge is 0.263 e. The Hall–Kier alpha value is -2.16. The second-order valence-electron chi connectivity index (χ2n) is 9.15. The van der Waals surface area contributed by atoms with Crippen LogP contribution in [-0.2, 0) is 35.3 Å². The molecule has 1 amide bonds. The lowest BCUT2D eigenvalue weighted by Crippen LogP contribution is -2.36. The van der Waals surface area contributed by atoms with Crippen molar-refractivity contribution in [2.75, 3.05) is 13.7 Å². The minimum absolute atomic E-state index is 0.0156. The number of amides is 1. The number of fused-ring (bicyclic) bond motifs is 4. The van der Waals surface area contributed by atoms with Crippen LogP contribution in [0, 0.1) is 0 Å². The number of nitrogens with one attached hydrogen (secondary N) is 1. The van der Waals surface area contributed by atoms with Gasteiger partial charge in [0.05, 0.1) is 16.7 Å². The number of carbonyl (C=O) groups excluding carboxylic acids is 1. The topological polar surface area (TPSA) is 73.2 Å². The third-order valence-electron chi connectivity index (χ3n) is 6.86. The molecular weight excluding hydrogens is 466 g/mol. The molecule has 6 nitrogen and oxygen atoms in total. The zero-order chi connectivity index (χ0) is 23.7. The largest absolute Gasteiger partial charge is 0.385 e. The molecule has 0 bridgehead atoms. The summed E-state index contributed by atoms with van der Waals surface area (Å²) in [5.41, 5.74) is 3.76. The van der Waals surface area contributed by atoms with Gasteiger partial charge in [-0.15, -0.1) is 11.3 Å². The molecule has 0 saturated carbocycles. The van der Waals surface area contributed by atoms with E-state index in [0.29, 0.717) is 18.3 Å². The fourth-order valence-electron chi connectivity index (χ4n) is 5.12. The number of aryl methyl sites for hydroxylation is 3. The first-order valence-electron chi connectivity index (χ1n) is 12.2. The van der Waals surface area contributed by atoms with E-state index in [-0.39, 0.29) is 22.8 Å². The molecular formula is C26H31N3O3S2. The van der Waals surface area contributed by atoms with Gasteiger partial charge in [-0.1, -0.05) is 36.0 Å². The van der Waals surface area contributed by atoms with E-state index in [0.717, 1.165) is 55.2 Å². The highest BCUT2D eigenvalue weighted by Gasteiger charge is 2.27. The van der Waals surface area contributed by atoms with Crippen molar-refractivity contribution in [3.05, 3.63) is 56.2 Å². The quantitative estimate of drug-likeness (QED) is 0.278. The van der Waals surface area contributed by atoms with E-state index in [1.807, 2.05) is 13.0 Å². The number of thiophene rings is 1. The minimum Gasteiger partial charge on any atom is -0.385 e. The van der Waals surface area contributed by atoms with Crippen LogP contribution in [0.1, 0.15) is 60.2 Å². The summed E-state index contributed by atoms with van der Waals surface area (Å²) in [6.45, 7) is 3.01. The minimum atomic E-state index is -0.362. The fraction of sp³-hybridized carbons (Fsp3) is 0.500. The van der Waals surface area contributed by atoms with Gasteiger partial charge in [-0.3, -0.25) is 14.2 Å². The molecule has 2 aromatic heterocycles. The van der Waals surface area contributed by atoms with Crippen molar-refractivity contribution in [3.8, 4) is 0 Å². The van der Waals surface area contributed by atoms with Gasteiger partial charge in [-0.2, -0.15) is 0 Å². The average Bonchev–Trinajstić information content (AvgIpc) is 3.42. The summed E-state index contributed by atoms with van der Waals surface area (Å²) >= 11 is 3.03. The first-order chi connectivity index (χ1) is 16.6. The van der Waals surface area contributed by atoms with Gasteiger partial charge in [0, 0.05) is 25.1 Å². The standard InChI is InChI=1S/C26H31N3O3S2/c1-16(23(30)27-20-12-5-9-17-8-3-4-10-18(17)20)33-26-28-24-22(19-11-6-13-21(19)34-24)25(31)29(26)14-7-15-32-2/h3-4,8,10,16,20H,5-7,9,11-15H2,1-2H3,(H,27,30)/t16-,20-/m0/s1. The molecule has 2 aliphatic rings. The van der Waals surface area contributed by atoms with Gasteiger partial charge in [-0.25, -0.2) is 4.98 Å². The monoisotopic (exact) mass is 497 g/mol. The number of nitrogens with zero attached hydrogens (tertiary/aromatic N) is 2.